The molecule has 1 aromatic carbocycles. The van der Waals surface area contributed by atoms with Gasteiger partial charge in [-0.05, 0) is 24.1 Å². The lowest BCUT2D eigenvalue weighted by molar-refractivity contribution is 0.0897. The van der Waals surface area contributed by atoms with E-state index in [-0.39, 0.29) is 6.10 Å². The predicted octanol–water partition coefficient (Wildman–Crippen LogP) is 2.01. The molecule has 19 heavy (non-hydrogen) atoms. The highest BCUT2D eigenvalue weighted by atomic mass is 16.5. The molecule has 0 amide bonds. The van der Waals surface area contributed by atoms with Crippen LogP contribution in [0.3, 0.4) is 0 Å². The van der Waals surface area contributed by atoms with Crippen molar-refractivity contribution < 1.29 is 14.2 Å². The first-order valence-corrected chi connectivity index (χ1v) is 6.80. The minimum atomic E-state index is 0.171. The van der Waals surface area contributed by atoms with Gasteiger partial charge in [0.15, 0.2) is 0 Å². The van der Waals surface area contributed by atoms with Crippen LogP contribution in [0.15, 0.2) is 24.3 Å². The molecule has 1 saturated heterocycles. The second-order valence-electron chi connectivity index (χ2n) is 4.81. The van der Waals surface area contributed by atoms with Gasteiger partial charge in [-0.15, -0.1) is 0 Å². The van der Waals surface area contributed by atoms with E-state index in [1.54, 1.807) is 14.2 Å². The van der Waals surface area contributed by atoms with Crippen LogP contribution >= 0.6 is 0 Å². The van der Waals surface area contributed by atoms with Gasteiger partial charge in [0, 0.05) is 32.7 Å². The van der Waals surface area contributed by atoms with Crippen molar-refractivity contribution in [3.8, 4) is 5.75 Å². The lowest BCUT2D eigenvalue weighted by atomic mass is 9.95. The molecule has 1 aliphatic heterocycles. The quantitative estimate of drug-likeness (QED) is 0.766. The Hall–Kier alpha value is -1.10. The van der Waals surface area contributed by atoms with Crippen molar-refractivity contribution >= 4 is 0 Å². The SMILES string of the molecule is COCCNCC1CCOC1c1cccc(OC)c1. The van der Waals surface area contributed by atoms with Crippen molar-refractivity contribution in [3.05, 3.63) is 29.8 Å². The van der Waals surface area contributed by atoms with Gasteiger partial charge >= 0.3 is 0 Å². The molecule has 0 aromatic heterocycles. The monoisotopic (exact) mass is 265 g/mol. The Balaban J connectivity index is 1.93. The summed E-state index contributed by atoms with van der Waals surface area (Å²) in [7, 11) is 3.41. The van der Waals surface area contributed by atoms with Gasteiger partial charge in [0.1, 0.15) is 5.75 Å². The Morgan fingerprint density at radius 3 is 3.05 bits per heavy atom. The van der Waals surface area contributed by atoms with Gasteiger partial charge in [-0.2, -0.15) is 0 Å². The zero-order valence-electron chi connectivity index (χ0n) is 11.7. The van der Waals surface area contributed by atoms with Gasteiger partial charge in [-0.3, -0.25) is 0 Å². The van der Waals surface area contributed by atoms with Crippen LogP contribution < -0.4 is 10.1 Å². The van der Waals surface area contributed by atoms with Gasteiger partial charge in [-0.25, -0.2) is 0 Å². The van der Waals surface area contributed by atoms with Crippen LogP contribution in [0.2, 0.25) is 0 Å². The summed E-state index contributed by atoms with van der Waals surface area (Å²) in [6, 6.07) is 8.16. The molecule has 4 heteroatoms. The zero-order chi connectivity index (χ0) is 13.5. The first-order chi connectivity index (χ1) is 9.35. The highest BCUT2D eigenvalue weighted by Crippen LogP contribution is 2.35. The molecule has 1 heterocycles. The number of hydrogen-bond donors (Lipinski definition) is 1. The topological polar surface area (TPSA) is 39.7 Å². The van der Waals surface area contributed by atoms with Crippen molar-refractivity contribution in [2.45, 2.75) is 12.5 Å². The molecule has 0 radical (unpaired) electrons. The van der Waals surface area contributed by atoms with Crippen molar-refractivity contribution in [3.63, 3.8) is 0 Å². The number of benzene rings is 1. The standard InChI is InChI=1S/C15H23NO3/c1-17-9-7-16-11-13-6-8-19-15(13)12-4-3-5-14(10-12)18-2/h3-5,10,13,15-16H,6-9,11H2,1-2H3. The van der Waals surface area contributed by atoms with Crippen LogP contribution in [0.1, 0.15) is 18.1 Å². The van der Waals surface area contributed by atoms with Gasteiger partial charge in [-0.1, -0.05) is 12.1 Å². The van der Waals surface area contributed by atoms with E-state index in [9.17, 15) is 0 Å². The Kier molecular flexibility index (Phi) is 5.63. The van der Waals surface area contributed by atoms with Crippen molar-refractivity contribution in [2.75, 3.05) is 40.5 Å². The number of ether oxygens (including phenoxy) is 3. The molecule has 0 spiro atoms. The van der Waals surface area contributed by atoms with Crippen LogP contribution in [-0.2, 0) is 9.47 Å². The van der Waals surface area contributed by atoms with E-state index < -0.39 is 0 Å². The molecule has 4 nitrogen and oxygen atoms in total. The Labute approximate surface area is 115 Å². The Bertz CT molecular complexity index is 383. The van der Waals surface area contributed by atoms with E-state index in [1.165, 1.54) is 5.56 Å². The molecule has 1 aliphatic rings. The minimum Gasteiger partial charge on any atom is -0.497 e. The molecule has 0 bridgehead atoms. The van der Waals surface area contributed by atoms with E-state index in [4.69, 9.17) is 14.2 Å². The van der Waals surface area contributed by atoms with Crippen molar-refractivity contribution in [1.29, 1.82) is 0 Å². The maximum absolute atomic E-state index is 5.88. The van der Waals surface area contributed by atoms with E-state index >= 15 is 0 Å². The molecule has 2 rings (SSSR count). The van der Waals surface area contributed by atoms with E-state index in [0.29, 0.717) is 5.92 Å². The summed E-state index contributed by atoms with van der Waals surface area (Å²) >= 11 is 0. The highest BCUT2D eigenvalue weighted by molar-refractivity contribution is 5.30. The molecular formula is C15H23NO3. The van der Waals surface area contributed by atoms with Gasteiger partial charge in [0.25, 0.3) is 0 Å². The lowest BCUT2D eigenvalue weighted by Crippen LogP contribution is -2.27. The van der Waals surface area contributed by atoms with E-state index in [2.05, 4.69) is 17.4 Å². The molecular weight excluding hydrogens is 242 g/mol. The summed E-state index contributed by atoms with van der Waals surface area (Å²) in [6.07, 6.45) is 1.27. The number of methoxy groups -OCH3 is 2. The molecule has 1 N–H and O–H groups in total. The number of hydrogen-bond acceptors (Lipinski definition) is 4. The van der Waals surface area contributed by atoms with Gasteiger partial charge in [0.2, 0.25) is 0 Å². The molecule has 2 atom stereocenters. The average molecular weight is 265 g/mol. The molecule has 106 valence electrons. The predicted molar refractivity (Wildman–Crippen MR) is 74.5 cm³/mol. The second kappa shape index (κ2) is 7.48. The minimum absolute atomic E-state index is 0.171. The highest BCUT2D eigenvalue weighted by Gasteiger charge is 2.29. The Morgan fingerprint density at radius 1 is 1.37 bits per heavy atom. The Morgan fingerprint density at radius 2 is 2.26 bits per heavy atom. The van der Waals surface area contributed by atoms with Crippen molar-refractivity contribution in [1.82, 2.24) is 5.32 Å². The smallest absolute Gasteiger partial charge is 0.119 e. The van der Waals surface area contributed by atoms with Crippen LogP contribution in [0, 0.1) is 5.92 Å². The largest absolute Gasteiger partial charge is 0.497 e. The summed E-state index contributed by atoms with van der Waals surface area (Å²) in [4.78, 5) is 0. The molecule has 2 unspecified atom stereocenters. The third kappa shape index (κ3) is 3.93. The third-order valence-corrected chi connectivity index (χ3v) is 3.53. The maximum Gasteiger partial charge on any atom is 0.119 e. The van der Waals surface area contributed by atoms with Crippen LogP contribution in [-0.4, -0.2) is 40.5 Å². The lowest BCUT2D eigenvalue weighted by Gasteiger charge is -2.20. The fraction of sp³-hybridized carbons (Fsp3) is 0.600. The number of rotatable bonds is 7. The maximum atomic E-state index is 5.88. The number of nitrogens with one attached hydrogen (secondary N) is 1. The molecule has 1 aromatic rings. The van der Waals surface area contributed by atoms with Crippen LogP contribution in [0.5, 0.6) is 5.75 Å². The zero-order valence-corrected chi connectivity index (χ0v) is 11.7. The van der Waals surface area contributed by atoms with E-state index in [1.807, 2.05) is 12.1 Å². The van der Waals surface area contributed by atoms with Crippen molar-refractivity contribution in [2.24, 2.45) is 5.92 Å². The first-order valence-electron chi connectivity index (χ1n) is 6.80. The summed E-state index contributed by atoms with van der Waals surface area (Å²) < 4.78 is 16.2. The summed E-state index contributed by atoms with van der Waals surface area (Å²) in [5.74, 6) is 1.41. The summed E-state index contributed by atoms with van der Waals surface area (Å²) in [5, 5.41) is 3.42. The molecule has 0 saturated carbocycles. The normalized spacial score (nSPS) is 22.6. The molecule has 1 fully saturated rings. The third-order valence-electron chi connectivity index (χ3n) is 3.53. The summed E-state index contributed by atoms with van der Waals surface area (Å²) in [5.41, 5.74) is 1.20. The summed E-state index contributed by atoms with van der Waals surface area (Å²) in [6.45, 7) is 3.43. The van der Waals surface area contributed by atoms with Gasteiger partial charge in [0.05, 0.1) is 19.8 Å². The average Bonchev–Trinajstić information content (AvgIpc) is 2.92. The van der Waals surface area contributed by atoms with E-state index in [0.717, 1.165) is 38.5 Å². The van der Waals surface area contributed by atoms with Crippen LogP contribution in [0.4, 0.5) is 0 Å². The van der Waals surface area contributed by atoms with Gasteiger partial charge < -0.3 is 19.5 Å². The second-order valence-corrected chi connectivity index (χ2v) is 4.81. The first kappa shape index (κ1) is 14.3. The molecule has 0 aliphatic carbocycles. The fourth-order valence-electron chi connectivity index (χ4n) is 2.49. The van der Waals surface area contributed by atoms with Crippen LogP contribution in [0.25, 0.3) is 0 Å². The fourth-order valence-corrected chi connectivity index (χ4v) is 2.49.